The van der Waals surface area contributed by atoms with Gasteiger partial charge in [-0.25, -0.2) is 0 Å². The van der Waals surface area contributed by atoms with Gasteiger partial charge in [0.15, 0.2) is 0 Å². The zero-order chi connectivity index (χ0) is 18.2. The number of ether oxygens (including phenoxy) is 1. The molecule has 2 aliphatic heterocycles. The monoisotopic (exact) mass is 353 g/mol. The fourth-order valence-electron chi connectivity index (χ4n) is 5.48. The molecule has 3 aliphatic rings. The van der Waals surface area contributed by atoms with E-state index in [1.165, 1.54) is 25.8 Å². The van der Waals surface area contributed by atoms with Crippen LogP contribution >= 0.6 is 0 Å². The van der Waals surface area contributed by atoms with Crippen molar-refractivity contribution in [1.29, 1.82) is 0 Å². The lowest BCUT2D eigenvalue weighted by molar-refractivity contribution is -0.271. The Balaban J connectivity index is 1.65. The quantitative estimate of drug-likeness (QED) is 0.745. The van der Waals surface area contributed by atoms with Crippen molar-refractivity contribution in [2.75, 3.05) is 19.6 Å². The van der Waals surface area contributed by atoms with Crippen LogP contribution in [0.1, 0.15) is 72.6 Å². The molecule has 146 valence electrons. The maximum atomic E-state index is 11.0. The molecular weight excluding hydrogens is 314 g/mol. The van der Waals surface area contributed by atoms with E-state index < -0.39 is 11.7 Å². The highest BCUT2D eigenvalue weighted by Crippen LogP contribution is 2.52. The van der Waals surface area contributed by atoms with Gasteiger partial charge in [-0.2, -0.15) is 0 Å². The molecule has 1 saturated carbocycles. The highest BCUT2D eigenvalue weighted by atomic mass is 16.5. The first-order valence-corrected chi connectivity index (χ1v) is 10.6. The van der Waals surface area contributed by atoms with Crippen LogP contribution < -0.4 is 0 Å². The van der Waals surface area contributed by atoms with Gasteiger partial charge in [-0.1, -0.05) is 19.8 Å². The molecule has 25 heavy (non-hydrogen) atoms. The fraction of sp³-hybridized carbons (Fsp3) is 1.00. The van der Waals surface area contributed by atoms with Crippen molar-refractivity contribution in [3.05, 3.63) is 0 Å². The predicted octanol–water partition coefficient (Wildman–Crippen LogP) is 3.20. The standard InChI is InChI=1S/C21H39NO3/c1-5-6-7-10-22-11-8-15(9-12-22)19-17-13-16(20(2,3)25-19)14-18(23)21(17,4)24/h15-19,23-24H,5-14H2,1-4H3/t16-,17+,18-,19-,21-/m0/s1. The summed E-state index contributed by atoms with van der Waals surface area (Å²) in [5.41, 5.74) is -1.22. The van der Waals surface area contributed by atoms with Gasteiger partial charge in [-0.15, -0.1) is 0 Å². The van der Waals surface area contributed by atoms with Crippen molar-refractivity contribution in [2.24, 2.45) is 17.8 Å². The molecule has 2 N–H and O–H groups in total. The predicted molar refractivity (Wildman–Crippen MR) is 100 cm³/mol. The van der Waals surface area contributed by atoms with Gasteiger partial charge in [0.1, 0.15) is 0 Å². The average molecular weight is 354 g/mol. The van der Waals surface area contributed by atoms with Crippen LogP contribution in [-0.4, -0.2) is 58.2 Å². The molecule has 0 aromatic rings. The molecular formula is C21H39NO3. The topological polar surface area (TPSA) is 52.9 Å². The van der Waals surface area contributed by atoms with Crippen molar-refractivity contribution in [2.45, 2.75) is 96.1 Å². The van der Waals surface area contributed by atoms with Crippen LogP contribution in [0, 0.1) is 17.8 Å². The van der Waals surface area contributed by atoms with Crippen LogP contribution in [0.3, 0.4) is 0 Å². The number of fused-ring (bicyclic) bond motifs is 2. The summed E-state index contributed by atoms with van der Waals surface area (Å²) >= 11 is 0. The van der Waals surface area contributed by atoms with Gasteiger partial charge in [0, 0.05) is 5.92 Å². The van der Waals surface area contributed by atoms with Crippen LogP contribution in [0.15, 0.2) is 0 Å². The number of nitrogens with zero attached hydrogens (tertiary/aromatic N) is 1. The van der Waals surface area contributed by atoms with E-state index in [1.807, 2.05) is 6.92 Å². The summed E-state index contributed by atoms with van der Waals surface area (Å²) in [7, 11) is 0. The number of rotatable bonds is 5. The zero-order valence-corrected chi connectivity index (χ0v) is 16.7. The zero-order valence-electron chi connectivity index (χ0n) is 16.7. The minimum atomic E-state index is -1.02. The first-order chi connectivity index (χ1) is 11.8. The maximum Gasteiger partial charge on any atom is 0.0930 e. The summed E-state index contributed by atoms with van der Waals surface area (Å²) in [4.78, 5) is 2.59. The Morgan fingerprint density at radius 1 is 1.08 bits per heavy atom. The SMILES string of the molecule is CCCCCN1CCC([C@@H]2OC(C)(C)[C@H]3C[C@H]2[C@](C)(O)[C@@H](O)C3)CC1. The van der Waals surface area contributed by atoms with Gasteiger partial charge in [-0.3, -0.25) is 0 Å². The number of unbranched alkanes of at least 4 members (excludes halogenated alkanes) is 2. The molecule has 2 saturated heterocycles. The Labute approximate surface area is 153 Å². The minimum absolute atomic E-state index is 0.0610. The number of aliphatic hydroxyl groups excluding tert-OH is 1. The normalized spacial score (nSPS) is 42.5. The van der Waals surface area contributed by atoms with Crippen LogP contribution in [0.4, 0.5) is 0 Å². The van der Waals surface area contributed by atoms with Crippen molar-refractivity contribution < 1.29 is 14.9 Å². The van der Waals surface area contributed by atoms with Gasteiger partial charge in [-0.05, 0) is 84.3 Å². The molecule has 5 atom stereocenters. The molecule has 4 heteroatoms. The Bertz CT molecular complexity index is 442. The highest BCUT2D eigenvalue weighted by molar-refractivity contribution is 5.07. The van der Waals surface area contributed by atoms with Gasteiger partial charge < -0.3 is 19.8 Å². The maximum absolute atomic E-state index is 11.0. The lowest BCUT2D eigenvalue weighted by Crippen LogP contribution is -2.65. The number of aliphatic hydroxyl groups is 2. The molecule has 0 amide bonds. The second kappa shape index (κ2) is 7.46. The van der Waals surface area contributed by atoms with Crippen LogP contribution in [0.5, 0.6) is 0 Å². The second-order valence-corrected chi connectivity index (χ2v) is 9.59. The molecule has 1 aliphatic carbocycles. The molecule has 3 fully saturated rings. The lowest BCUT2D eigenvalue weighted by atomic mass is 9.60. The Kier molecular flexibility index (Phi) is 5.85. The summed E-state index contributed by atoms with van der Waals surface area (Å²) in [5.74, 6) is 0.911. The van der Waals surface area contributed by atoms with E-state index in [0.29, 0.717) is 18.3 Å². The third-order valence-corrected chi connectivity index (χ3v) is 7.47. The Morgan fingerprint density at radius 2 is 1.76 bits per heavy atom. The molecule has 4 nitrogen and oxygen atoms in total. The average Bonchev–Trinajstić information content (AvgIpc) is 2.56. The van der Waals surface area contributed by atoms with E-state index >= 15 is 0 Å². The Hall–Kier alpha value is -0.160. The smallest absolute Gasteiger partial charge is 0.0930 e. The van der Waals surface area contributed by atoms with E-state index in [-0.39, 0.29) is 17.6 Å². The van der Waals surface area contributed by atoms with E-state index in [4.69, 9.17) is 4.74 Å². The minimum Gasteiger partial charge on any atom is -0.390 e. The first kappa shape index (κ1) is 19.6. The van der Waals surface area contributed by atoms with Crippen molar-refractivity contribution >= 4 is 0 Å². The first-order valence-electron chi connectivity index (χ1n) is 10.6. The van der Waals surface area contributed by atoms with Gasteiger partial charge in [0.25, 0.3) is 0 Å². The summed E-state index contributed by atoms with van der Waals surface area (Å²) in [5, 5.41) is 21.5. The van der Waals surface area contributed by atoms with E-state index in [2.05, 4.69) is 25.7 Å². The second-order valence-electron chi connectivity index (χ2n) is 9.59. The number of likely N-dealkylation sites (tertiary alicyclic amines) is 1. The fourth-order valence-corrected chi connectivity index (χ4v) is 5.48. The molecule has 0 spiro atoms. The third-order valence-electron chi connectivity index (χ3n) is 7.47. The molecule has 3 rings (SSSR count). The van der Waals surface area contributed by atoms with Crippen LogP contribution in [0.25, 0.3) is 0 Å². The molecule has 2 heterocycles. The molecule has 0 aromatic heterocycles. The summed E-state index contributed by atoms with van der Waals surface area (Å²) in [6, 6.07) is 0. The van der Waals surface area contributed by atoms with Crippen molar-refractivity contribution in [3.8, 4) is 0 Å². The summed E-state index contributed by atoms with van der Waals surface area (Å²) in [6.07, 6.45) is 7.30. The molecule has 0 unspecified atom stereocenters. The summed E-state index contributed by atoms with van der Waals surface area (Å²) in [6.45, 7) is 11.9. The van der Waals surface area contributed by atoms with Crippen LogP contribution in [0.2, 0.25) is 0 Å². The van der Waals surface area contributed by atoms with E-state index in [9.17, 15) is 10.2 Å². The molecule has 0 radical (unpaired) electrons. The van der Waals surface area contributed by atoms with Gasteiger partial charge >= 0.3 is 0 Å². The number of hydrogen-bond donors (Lipinski definition) is 2. The highest BCUT2D eigenvalue weighted by Gasteiger charge is 2.57. The van der Waals surface area contributed by atoms with Crippen molar-refractivity contribution in [1.82, 2.24) is 4.90 Å². The number of hydrogen-bond acceptors (Lipinski definition) is 4. The summed E-state index contributed by atoms with van der Waals surface area (Å²) < 4.78 is 6.61. The largest absolute Gasteiger partial charge is 0.390 e. The lowest BCUT2D eigenvalue weighted by Gasteiger charge is -2.58. The third kappa shape index (κ3) is 3.92. The van der Waals surface area contributed by atoms with Crippen molar-refractivity contribution in [3.63, 3.8) is 0 Å². The molecule has 2 bridgehead atoms. The molecule has 0 aromatic carbocycles. The van der Waals surface area contributed by atoms with E-state index in [1.54, 1.807) is 0 Å². The number of piperidine rings is 1. The van der Waals surface area contributed by atoms with E-state index in [0.717, 1.165) is 32.4 Å². The Morgan fingerprint density at radius 3 is 2.40 bits per heavy atom. The van der Waals surface area contributed by atoms with Crippen LogP contribution in [-0.2, 0) is 4.74 Å². The van der Waals surface area contributed by atoms with Gasteiger partial charge in [0.2, 0.25) is 0 Å². The van der Waals surface area contributed by atoms with Gasteiger partial charge in [0.05, 0.1) is 23.4 Å².